The summed E-state index contributed by atoms with van der Waals surface area (Å²) in [4.78, 5) is 28.5. The lowest BCUT2D eigenvalue weighted by Crippen LogP contribution is -2.24. The second-order valence-corrected chi connectivity index (χ2v) is 7.79. The number of benzene rings is 1. The van der Waals surface area contributed by atoms with Crippen LogP contribution < -0.4 is 14.8 Å². The first kappa shape index (κ1) is 20.4. The van der Waals surface area contributed by atoms with Gasteiger partial charge in [-0.3, -0.25) is 9.48 Å². The van der Waals surface area contributed by atoms with Crippen LogP contribution in [0.4, 0.5) is 5.82 Å². The highest BCUT2D eigenvalue weighted by atomic mass is 16.5. The number of hydrogen-bond donors (Lipinski definition) is 1. The minimum Gasteiger partial charge on any atom is -0.487 e. The van der Waals surface area contributed by atoms with Crippen molar-refractivity contribution in [1.82, 2.24) is 14.8 Å². The molecule has 0 radical (unpaired) electrons. The van der Waals surface area contributed by atoms with E-state index in [-0.39, 0.29) is 11.6 Å². The highest BCUT2D eigenvalue weighted by Crippen LogP contribution is 2.43. The quantitative estimate of drug-likeness (QED) is 0.629. The van der Waals surface area contributed by atoms with Gasteiger partial charge in [0.05, 0.1) is 13.3 Å². The number of aromatic nitrogens is 3. The number of hydrogen-bond acceptors (Lipinski definition) is 7. The number of nitrogens with one attached hydrogen (secondary N) is 1. The summed E-state index contributed by atoms with van der Waals surface area (Å²) in [6.07, 6.45) is 3.79. The van der Waals surface area contributed by atoms with Crippen LogP contribution in [0.25, 0.3) is 0 Å². The fraction of sp³-hybridized carbons (Fsp3) is 0.273. The molecule has 0 atom stereocenters. The molecule has 0 spiro atoms. The predicted octanol–water partition coefficient (Wildman–Crippen LogP) is 3.36. The van der Waals surface area contributed by atoms with Gasteiger partial charge in [0.2, 0.25) is 0 Å². The molecule has 0 unspecified atom stereocenters. The fourth-order valence-corrected chi connectivity index (χ4v) is 3.33. The highest BCUT2D eigenvalue weighted by molar-refractivity contribution is 6.04. The monoisotopic (exact) mass is 422 g/mol. The molecule has 2 aromatic heterocycles. The zero-order chi connectivity index (χ0) is 22.2. The van der Waals surface area contributed by atoms with Gasteiger partial charge >= 0.3 is 5.97 Å². The number of nitrogens with zero attached hydrogens (tertiary/aromatic N) is 3. The molecule has 1 aliphatic heterocycles. The zero-order valence-corrected chi connectivity index (χ0v) is 17.6. The molecule has 1 N–H and O–H groups in total. The number of amides is 1. The van der Waals surface area contributed by atoms with Gasteiger partial charge in [-0.15, -0.1) is 0 Å². The summed E-state index contributed by atoms with van der Waals surface area (Å²) in [5, 5.41) is 6.93. The Bertz CT molecular complexity index is 1150. The number of pyridine rings is 1. The standard InChI is InChI=1S/C22H22N4O5/c1-22(2)11-15-17(30-14-5-6-16(23-12-14)21(28)29-4)9-13(10-18(15)31-22)20(27)24-19-7-8-26(3)25-19/h5-10,12H,11H2,1-4H3,(H,24,25,27). The molecule has 31 heavy (non-hydrogen) atoms. The van der Waals surface area contributed by atoms with E-state index in [0.717, 1.165) is 5.56 Å². The molecule has 1 aliphatic rings. The summed E-state index contributed by atoms with van der Waals surface area (Å²) < 4.78 is 18.3. The molecular weight excluding hydrogens is 400 g/mol. The van der Waals surface area contributed by atoms with Crippen LogP contribution in [0.5, 0.6) is 17.2 Å². The Hall–Kier alpha value is -3.88. The lowest BCUT2D eigenvalue weighted by atomic mass is 9.99. The summed E-state index contributed by atoms with van der Waals surface area (Å²) in [6.45, 7) is 3.94. The maximum absolute atomic E-state index is 12.8. The third-order valence-electron chi connectivity index (χ3n) is 4.73. The second-order valence-electron chi connectivity index (χ2n) is 7.79. The van der Waals surface area contributed by atoms with E-state index in [2.05, 4.69) is 20.1 Å². The number of methoxy groups -OCH3 is 1. The van der Waals surface area contributed by atoms with Gasteiger partial charge in [-0.2, -0.15) is 5.10 Å². The van der Waals surface area contributed by atoms with Crippen LogP contribution in [0.2, 0.25) is 0 Å². The van der Waals surface area contributed by atoms with Crippen LogP contribution in [-0.2, 0) is 18.2 Å². The number of carbonyl (C=O) groups is 2. The summed E-state index contributed by atoms with van der Waals surface area (Å²) >= 11 is 0. The van der Waals surface area contributed by atoms with Crippen LogP contribution in [0.15, 0.2) is 42.7 Å². The molecule has 9 nitrogen and oxygen atoms in total. The molecule has 1 amide bonds. The summed E-state index contributed by atoms with van der Waals surface area (Å²) in [5.41, 5.74) is 0.976. The van der Waals surface area contributed by atoms with Gasteiger partial charge in [0, 0.05) is 36.9 Å². The zero-order valence-electron chi connectivity index (χ0n) is 17.6. The average Bonchev–Trinajstić information content (AvgIpc) is 3.28. The van der Waals surface area contributed by atoms with Crippen LogP contribution in [-0.4, -0.2) is 39.4 Å². The minimum atomic E-state index is -0.532. The van der Waals surface area contributed by atoms with Crippen molar-refractivity contribution in [1.29, 1.82) is 0 Å². The topological polar surface area (TPSA) is 105 Å². The first-order valence-electron chi connectivity index (χ1n) is 9.63. The van der Waals surface area contributed by atoms with E-state index >= 15 is 0 Å². The van der Waals surface area contributed by atoms with E-state index in [0.29, 0.717) is 35.1 Å². The SMILES string of the molecule is COC(=O)c1ccc(Oc2cc(C(=O)Nc3ccn(C)n3)cc3c2CC(C)(C)O3)cn1. The first-order chi connectivity index (χ1) is 14.7. The molecule has 0 saturated heterocycles. The minimum absolute atomic E-state index is 0.174. The number of esters is 1. The van der Waals surface area contributed by atoms with Crippen LogP contribution in [0, 0.1) is 0 Å². The second kappa shape index (κ2) is 7.75. The largest absolute Gasteiger partial charge is 0.487 e. The molecule has 9 heteroatoms. The molecule has 4 rings (SSSR count). The average molecular weight is 422 g/mol. The normalized spacial score (nSPS) is 13.8. The fourth-order valence-electron chi connectivity index (χ4n) is 3.33. The van der Waals surface area contributed by atoms with Crippen LogP contribution in [0.3, 0.4) is 0 Å². The van der Waals surface area contributed by atoms with E-state index in [4.69, 9.17) is 9.47 Å². The Morgan fingerprint density at radius 2 is 2.03 bits per heavy atom. The molecule has 0 bridgehead atoms. The molecular formula is C22H22N4O5. The Labute approximate surface area is 178 Å². The number of carbonyl (C=O) groups excluding carboxylic acids is 2. The number of fused-ring (bicyclic) bond motifs is 1. The molecule has 1 aromatic carbocycles. The summed E-state index contributed by atoms with van der Waals surface area (Å²) in [7, 11) is 3.06. The van der Waals surface area contributed by atoms with Gasteiger partial charge < -0.3 is 19.5 Å². The lowest BCUT2D eigenvalue weighted by molar-refractivity contribution is 0.0594. The third-order valence-corrected chi connectivity index (χ3v) is 4.73. The van der Waals surface area contributed by atoms with Crippen molar-refractivity contribution in [2.45, 2.75) is 25.9 Å². The van der Waals surface area contributed by atoms with Crippen molar-refractivity contribution in [3.05, 3.63) is 59.5 Å². The number of rotatable bonds is 5. The Balaban J connectivity index is 1.64. The third kappa shape index (κ3) is 4.35. The van der Waals surface area contributed by atoms with Gasteiger partial charge in [0.25, 0.3) is 5.91 Å². The van der Waals surface area contributed by atoms with Crippen LogP contribution >= 0.6 is 0 Å². The van der Waals surface area contributed by atoms with Crippen molar-refractivity contribution >= 4 is 17.7 Å². The smallest absolute Gasteiger partial charge is 0.356 e. The van der Waals surface area contributed by atoms with E-state index < -0.39 is 11.6 Å². The van der Waals surface area contributed by atoms with Gasteiger partial charge in [0.1, 0.15) is 28.5 Å². The van der Waals surface area contributed by atoms with Crippen LogP contribution in [0.1, 0.15) is 40.3 Å². The molecule has 3 heterocycles. The maximum atomic E-state index is 12.8. The predicted molar refractivity (Wildman–Crippen MR) is 112 cm³/mol. The van der Waals surface area contributed by atoms with Crippen molar-refractivity contribution in [3.63, 3.8) is 0 Å². The molecule has 0 saturated carbocycles. The molecule has 3 aromatic rings. The van der Waals surface area contributed by atoms with Crippen molar-refractivity contribution in [2.24, 2.45) is 7.05 Å². The first-order valence-corrected chi connectivity index (χ1v) is 9.63. The van der Waals surface area contributed by atoms with E-state index in [1.54, 1.807) is 42.2 Å². The van der Waals surface area contributed by atoms with Gasteiger partial charge in [-0.25, -0.2) is 9.78 Å². The number of ether oxygens (including phenoxy) is 3. The van der Waals surface area contributed by atoms with Crippen molar-refractivity contribution < 1.29 is 23.8 Å². The highest BCUT2D eigenvalue weighted by Gasteiger charge is 2.34. The van der Waals surface area contributed by atoms with Crippen molar-refractivity contribution in [3.8, 4) is 17.2 Å². The van der Waals surface area contributed by atoms with Gasteiger partial charge in [-0.05, 0) is 38.1 Å². The molecule has 160 valence electrons. The van der Waals surface area contributed by atoms with E-state index in [1.165, 1.54) is 19.4 Å². The molecule has 0 aliphatic carbocycles. The Morgan fingerprint density at radius 3 is 2.68 bits per heavy atom. The van der Waals surface area contributed by atoms with E-state index in [9.17, 15) is 9.59 Å². The van der Waals surface area contributed by atoms with Gasteiger partial charge in [-0.1, -0.05) is 0 Å². The Kier molecular flexibility index (Phi) is 5.10. The Morgan fingerprint density at radius 1 is 1.23 bits per heavy atom. The van der Waals surface area contributed by atoms with Gasteiger partial charge in [0.15, 0.2) is 5.82 Å². The maximum Gasteiger partial charge on any atom is 0.356 e. The summed E-state index contributed by atoms with van der Waals surface area (Å²) in [6, 6.07) is 8.20. The summed E-state index contributed by atoms with van der Waals surface area (Å²) in [5.74, 6) is 1.07. The van der Waals surface area contributed by atoms with Crippen molar-refractivity contribution in [2.75, 3.05) is 12.4 Å². The lowest BCUT2D eigenvalue weighted by Gasteiger charge is -2.16. The van der Waals surface area contributed by atoms with E-state index in [1.807, 2.05) is 13.8 Å². The molecule has 0 fully saturated rings. The number of anilines is 1. The number of aryl methyl sites for hydroxylation is 1.